The van der Waals surface area contributed by atoms with Crippen molar-refractivity contribution in [2.45, 2.75) is 6.42 Å². The largest absolute Gasteiger partial charge is 0.412 e. The maximum atomic E-state index is 9.89. The van der Waals surface area contributed by atoms with Crippen molar-refractivity contribution >= 4 is 39.7 Å². The van der Waals surface area contributed by atoms with Crippen LogP contribution in [-0.4, -0.2) is 60.3 Å². The first kappa shape index (κ1) is 17.1. The van der Waals surface area contributed by atoms with Gasteiger partial charge in [0.1, 0.15) is 0 Å². The predicted octanol–water partition coefficient (Wildman–Crippen LogP) is -1.98. The van der Waals surface area contributed by atoms with Crippen LogP contribution in [0.25, 0.3) is 0 Å². The van der Waals surface area contributed by atoms with Crippen molar-refractivity contribution in [3.05, 3.63) is 0 Å². The Morgan fingerprint density at radius 3 is 1.90 bits per heavy atom. The molecule has 10 heavy (non-hydrogen) atoms. The Bertz CT molecular complexity index is 145. The van der Waals surface area contributed by atoms with Gasteiger partial charge >= 0.3 is 0 Å². The molecule has 0 aromatic rings. The van der Waals surface area contributed by atoms with Crippen LogP contribution in [-0.2, 0) is 10.1 Å². The predicted molar refractivity (Wildman–Crippen MR) is 39.5 cm³/mol. The molecule has 0 amide bonds. The minimum absolute atomic E-state index is 0. The molecule has 0 aliphatic heterocycles. The van der Waals surface area contributed by atoms with E-state index in [1.807, 2.05) is 0 Å². The van der Waals surface area contributed by atoms with Crippen LogP contribution in [0.1, 0.15) is 6.42 Å². The summed E-state index contributed by atoms with van der Waals surface area (Å²) in [6.07, 6.45) is 0.318. The summed E-state index contributed by atoms with van der Waals surface area (Å²) in [5, 5.41) is 0. The first-order valence-corrected chi connectivity index (χ1v) is 3.82. The van der Waals surface area contributed by atoms with Gasteiger partial charge in [0.25, 0.3) is 10.1 Å². The van der Waals surface area contributed by atoms with Crippen LogP contribution in [0.5, 0.6) is 0 Å². The molecule has 5 N–H and O–H groups in total. The van der Waals surface area contributed by atoms with E-state index in [-0.39, 0.29) is 40.8 Å². The minimum Gasteiger partial charge on any atom is -0.412 e. The van der Waals surface area contributed by atoms with E-state index in [1.54, 1.807) is 0 Å². The second-order valence-corrected chi connectivity index (χ2v) is 3.00. The van der Waals surface area contributed by atoms with E-state index in [0.717, 1.165) is 0 Å². The molecule has 0 saturated carbocycles. The molecule has 0 heterocycles. The van der Waals surface area contributed by atoms with Crippen molar-refractivity contribution in [1.82, 2.24) is 0 Å². The SMILES string of the molecule is NCCCS(=O)(=O)O.O.[Na]. The van der Waals surface area contributed by atoms with E-state index in [1.165, 1.54) is 0 Å². The quantitative estimate of drug-likeness (QED) is 0.387. The third kappa shape index (κ3) is 15.9. The van der Waals surface area contributed by atoms with Crippen molar-refractivity contribution in [3.8, 4) is 0 Å². The number of rotatable bonds is 3. The molecule has 0 unspecified atom stereocenters. The molecule has 0 aromatic heterocycles. The Hall–Kier alpha value is 0.830. The third-order valence-corrected chi connectivity index (χ3v) is 1.41. The van der Waals surface area contributed by atoms with Gasteiger partial charge in [-0.15, -0.1) is 0 Å². The van der Waals surface area contributed by atoms with Crippen LogP contribution in [0.15, 0.2) is 0 Å². The van der Waals surface area contributed by atoms with Gasteiger partial charge in [-0.05, 0) is 13.0 Å². The Morgan fingerprint density at radius 1 is 1.40 bits per heavy atom. The Kier molecular flexibility index (Phi) is 13.5. The molecule has 0 saturated heterocycles. The van der Waals surface area contributed by atoms with Crippen molar-refractivity contribution in [2.24, 2.45) is 5.73 Å². The second-order valence-electron chi connectivity index (χ2n) is 1.43. The summed E-state index contributed by atoms with van der Waals surface area (Å²) in [6, 6.07) is 0. The van der Waals surface area contributed by atoms with Gasteiger partial charge in [-0.25, -0.2) is 0 Å². The van der Waals surface area contributed by atoms with Crippen LogP contribution in [0.3, 0.4) is 0 Å². The molecule has 0 aromatic carbocycles. The van der Waals surface area contributed by atoms with E-state index in [4.69, 9.17) is 10.3 Å². The average molecular weight is 180 g/mol. The molecular formula is C3H11NNaO4S. The van der Waals surface area contributed by atoms with Crippen LogP contribution in [0, 0.1) is 0 Å². The molecule has 0 aliphatic carbocycles. The van der Waals surface area contributed by atoms with Gasteiger partial charge in [0.2, 0.25) is 0 Å². The summed E-state index contributed by atoms with van der Waals surface area (Å²) >= 11 is 0. The normalized spacial score (nSPS) is 9.40. The van der Waals surface area contributed by atoms with E-state index in [0.29, 0.717) is 13.0 Å². The zero-order valence-corrected chi connectivity index (χ0v) is 8.69. The monoisotopic (exact) mass is 180 g/mol. The van der Waals surface area contributed by atoms with E-state index >= 15 is 0 Å². The fourth-order valence-electron chi connectivity index (χ4n) is 0.266. The van der Waals surface area contributed by atoms with Crippen molar-refractivity contribution in [2.75, 3.05) is 12.3 Å². The van der Waals surface area contributed by atoms with Gasteiger partial charge < -0.3 is 11.2 Å². The smallest absolute Gasteiger partial charge is 0.264 e. The fraction of sp³-hybridized carbons (Fsp3) is 1.00. The summed E-state index contributed by atoms with van der Waals surface area (Å²) in [7, 11) is -3.77. The number of nitrogens with two attached hydrogens (primary N) is 1. The van der Waals surface area contributed by atoms with E-state index < -0.39 is 10.1 Å². The first-order valence-electron chi connectivity index (χ1n) is 2.21. The van der Waals surface area contributed by atoms with Gasteiger partial charge in [-0.3, -0.25) is 4.55 Å². The van der Waals surface area contributed by atoms with Crippen molar-refractivity contribution in [1.29, 1.82) is 0 Å². The number of hydrogen-bond acceptors (Lipinski definition) is 3. The molecule has 7 heteroatoms. The van der Waals surface area contributed by atoms with Gasteiger partial charge in [-0.2, -0.15) is 8.42 Å². The molecule has 59 valence electrons. The summed E-state index contributed by atoms with van der Waals surface area (Å²) < 4.78 is 27.8. The number of hydrogen-bond donors (Lipinski definition) is 2. The molecular weight excluding hydrogens is 169 g/mol. The third-order valence-electron chi connectivity index (χ3n) is 0.606. The van der Waals surface area contributed by atoms with E-state index in [9.17, 15) is 8.42 Å². The van der Waals surface area contributed by atoms with Gasteiger partial charge in [0.15, 0.2) is 0 Å². The van der Waals surface area contributed by atoms with E-state index in [2.05, 4.69) is 0 Å². The summed E-state index contributed by atoms with van der Waals surface area (Å²) in [5.41, 5.74) is 4.96. The first-order chi connectivity index (χ1) is 3.56. The fourth-order valence-corrected chi connectivity index (χ4v) is 0.797. The molecule has 5 nitrogen and oxygen atoms in total. The van der Waals surface area contributed by atoms with Crippen LogP contribution >= 0.6 is 0 Å². The second kappa shape index (κ2) is 7.93. The van der Waals surface area contributed by atoms with Crippen molar-refractivity contribution in [3.63, 3.8) is 0 Å². The summed E-state index contributed by atoms with van der Waals surface area (Å²) in [4.78, 5) is 0. The average Bonchev–Trinajstić information content (AvgIpc) is 1.59. The van der Waals surface area contributed by atoms with Crippen LogP contribution in [0.4, 0.5) is 0 Å². The maximum absolute atomic E-state index is 9.89. The Balaban J connectivity index is -0.000000245. The van der Waals surface area contributed by atoms with Gasteiger partial charge in [-0.1, -0.05) is 0 Å². The summed E-state index contributed by atoms with van der Waals surface area (Å²) in [5.74, 6) is -0.233. The standard InChI is InChI=1S/C3H9NO3S.Na.H2O/c4-2-1-3-8(5,6)7;;/h1-4H2,(H,5,6,7);;1H2. The zero-order valence-electron chi connectivity index (χ0n) is 5.87. The maximum Gasteiger partial charge on any atom is 0.264 e. The topological polar surface area (TPSA) is 112 Å². The molecule has 0 fully saturated rings. The van der Waals surface area contributed by atoms with Gasteiger partial charge in [0, 0.05) is 29.6 Å². The van der Waals surface area contributed by atoms with Gasteiger partial charge in [0.05, 0.1) is 5.75 Å². The van der Waals surface area contributed by atoms with Crippen molar-refractivity contribution < 1.29 is 18.4 Å². The molecule has 1 radical (unpaired) electrons. The van der Waals surface area contributed by atoms with Crippen LogP contribution < -0.4 is 5.73 Å². The zero-order chi connectivity index (χ0) is 6.62. The molecule has 0 aliphatic rings. The Labute approximate surface area is 82.3 Å². The minimum atomic E-state index is -3.77. The molecule has 0 atom stereocenters. The summed E-state index contributed by atoms with van der Waals surface area (Å²) in [6.45, 7) is 0.291. The van der Waals surface area contributed by atoms with Crippen LogP contribution in [0.2, 0.25) is 0 Å². The molecule has 0 bridgehead atoms. The Morgan fingerprint density at radius 2 is 1.80 bits per heavy atom. The molecule has 0 spiro atoms. The molecule has 0 rings (SSSR count).